The van der Waals surface area contributed by atoms with Crippen molar-refractivity contribution in [2.45, 2.75) is 31.8 Å². The standard InChI is InChI=1S/C18H26N4O/c1-21-13-9-20-18(21)17(23)16-6-11-22(12-7-16)10-3-5-15-4-2-8-19-14-15/h2,4,8-9,13-14,16-17,23H,3,5-7,10-12H2,1H3/t17-/m0/s1. The summed E-state index contributed by atoms with van der Waals surface area (Å²) in [5.74, 6) is 1.12. The molecule has 0 amide bonds. The van der Waals surface area contributed by atoms with Gasteiger partial charge in [-0.2, -0.15) is 0 Å². The number of aliphatic hydroxyl groups excluding tert-OH is 1. The van der Waals surface area contributed by atoms with Gasteiger partial charge in [0.25, 0.3) is 0 Å². The van der Waals surface area contributed by atoms with Crippen molar-refractivity contribution in [2.75, 3.05) is 19.6 Å². The summed E-state index contributed by atoms with van der Waals surface area (Å²) in [7, 11) is 1.94. The van der Waals surface area contributed by atoms with Crippen molar-refractivity contribution < 1.29 is 5.11 Å². The quantitative estimate of drug-likeness (QED) is 0.888. The highest BCUT2D eigenvalue weighted by atomic mass is 16.3. The van der Waals surface area contributed by atoms with Crippen LogP contribution >= 0.6 is 0 Å². The number of aromatic nitrogens is 3. The van der Waals surface area contributed by atoms with Gasteiger partial charge < -0.3 is 14.6 Å². The number of likely N-dealkylation sites (tertiary alicyclic amines) is 1. The Morgan fingerprint density at radius 1 is 1.30 bits per heavy atom. The van der Waals surface area contributed by atoms with Gasteiger partial charge in [-0.05, 0) is 62.9 Å². The normalized spacial score (nSPS) is 18.2. The molecule has 1 aliphatic heterocycles. The molecule has 5 nitrogen and oxygen atoms in total. The molecule has 1 atom stereocenters. The third-order valence-electron chi connectivity index (χ3n) is 4.86. The van der Waals surface area contributed by atoms with Gasteiger partial charge in [-0.3, -0.25) is 4.98 Å². The van der Waals surface area contributed by atoms with Crippen LogP contribution in [0.2, 0.25) is 0 Å². The van der Waals surface area contributed by atoms with E-state index in [-0.39, 0.29) is 0 Å². The smallest absolute Gasteiger partial charge is 0.137 e. The number of hydrogen-bond acceptors (Lipinski definition) is 4. The van der Waals surface area contributed by atoms with Crippen molar-refractivity contribution in [3.63, 3.8) is 0 Å². The van der Waals surface area contributed by atoms with Crippen LogP contribution in [0.5, 0.6) is 0 Å². The molecule has 3 rings (SSSR count). The van der Waals surface area contributed by atoms with E-state index < -0.39 is 6.10 Å². The van der Waals surface area contributed by atoms with Gasteiger partial charge in [0.15, 0.2) is 0 Å². The molecule has 5 heteroatoms. The summed E-state index contributed by atoms with van der Waals surface area (Å²) in [5.41, 5.74) is 1.31. The van der Waals surface area contributed by atoms with Crippen LogP contribution in [0.3, 0.4) is 0 Å². The van der Waals surface area contributed by atoms with E-state index in [1.807, 2.05) is 36.3 Å². The van der Waals surface area contributed by atoms with Crippen molar-refractivity contribution in [1.29, 1.82) is 0 Å². The lowest BCUT2D eigenvalue weighted by atomic mass is 9.90. The lowest BCUT2D eigenvalue weighted by Crippen LogP contribution is -2.36. The fourth-order valence-electron chi connectivity index (χ4n) is 3.42. The molecule has 2 aromatic heterocycles. The molecular formula is C18H26N4O. The summed E-state index contributed by atoms with van der Waals surface area (Å²) in [5, 5.41) is 10.5. The topological polar surface area (TPSA) is 54.2 Å². The van der Waals surface area contributed by atoms with E-state index in [1.165, 1.54) is 5.56 Å². The zero-order valence-electron chi connectivity index (χ0n) is 13.8. The molecule has 23 heavy (non-hydrogen) atoms. The lowest BCUT2D eigenvalue weighted by molar-refractivity contribution is 0.0509. The first-order chi connectivity index (χ1) is 11.2. The minimum atomic E-state index is -0.437. The molecule has 0 aromatic carbocycles. The summed E-state index contributed by atoms with van der Waals surface area (Å²) in [6, 6.07) is 4.14. The van der Waals surface area contributed by atoms with Gasteiger partial charge in [0, 0.05) is 31.8 Å². The Balaban J connectivity index is 1.41. The van der Waals surface area contributed by atoms with Gasteiger partial charge in [-0.25, -0.2) is 4.98 Å². The first kappa shape index (κ1) is 16.1. The Morgan fingerprint density at radius 2 is 2.13 bits per heavy atom. The summed E-state index contributed by atoms with van der Waals surface area (Å²) < 4.78 is 1.92. The molecule has 0 spiro atoms. The number of piperidine rings is 1. The molecule has 1 N–H and O–H groups in total. The fraction of sp³-hybridized carbons (Fsp3) is 0.556. The molecular weight excluding hydrogens is 288 g/mol. The number of aliphatic hydroxyl groups is 1. The lowest BCUT2D eigenvalue weighted by Gasteiger charge is -2.34. The summed E-state index contributed by atoms with van der Waals surface area (Å²) in [6.07, 6.45) is 11.3. The van der Waals surface area contributed by atoms with E-state index in [0.717, 1.165) is 51.1 Å². The van der Waals surface area contributed by atoms with Crippen molar-refractivity contribution >= 4 is 0 Å². The third-order valence-corrected chi connectivity index (χ3v) is 4.86. The Labute approximate surface area is 138 Å². The van der Waals surface area contributed by atoms with Gasteiger partial charge >= 0.3 is 0 Å². The summed E-state index contributed by atoms with van der Waals surface area (Å²) in [6.45, 7) is 3.26. The van der Waals surface area contributed by atoms with Crippen LogP contribution in [0.4, 0.5) is 0 Å². The molecule has 0 radical (unpaired) electrons. The van der Waals surface area contributed by atoms with Gasteiger partial charge in [-0.15, -0.1) is 0 Å². The minimum Gasteiger partial charge on any atom is -0.385 e. The van der Waals surface area contributed by atoms with Crippen LogP contribution in [0.25, 0.3) is 0 Å². The highest BCUT2D eigenvalue weighted by Crippen LogP contribution is 2.29. The van der Waals surface area contributed by atoms with E-state index in [0.29, 0.717) is 5.92 Å². The van der Waals surface area contributed by atoms with Crippen molar-refractivity contribution in [2.24, 2.45) is 13.0 Å². The number of hydrogen-bond donors (Lipinski definition) is 1. The van der Waals surface area contributed by atoms with Gasteiger partial charge in [0.05, 0.1) is 0 Å². The molecule has 0 saturated carbocycles. The average molecular weight is 314 g/mol. The number of imidazole rings is 1. The van der Waals surface area contributed by atoms with Crippen LogP contribution in [0.1, 0.15) is 36.8 Å². The van der Waals surface area contributed by atoms with E-state index in [2.05, 4.69) is 20.9 Å². The SMILES string of the molecule is Cn1ccnc1[C@@H](O)C1CCN(CCCc2cccnc2)CC1. The zero-order chi connectivity index (χ0) is 16.1. The summed E-state index contributed by atoms with van der Waals surface area (Å²) in [4.78, 5) is 11.0. The van der Waals surface area contributed by atoms with Crippen molar-refractivity contribution in [3.05, 3.63) is 48.3 Å². The summed E-state index contributed by atoms with van der Waals surface area (Å²) >= 11 is 0. The molecule has 0 bridgehead atoms. The third kappa shape index (κ3) is 4.18. The van der Waals surface area contributed by atoms with Crippen LogP contribution < -0.4 is 0 Å². The maximum absolute atomic E-state index is 10.5. The number of nitrogens with zero attached hydrogens (tertiary/aromatic N) is 4. The second-order valence-electron chi connectivity index (χ2n) is 6.49. The second-order valence-corrected chi connectivity index (χ2v) is 6.49. The molecule has 0 aliphatic carbocycles. The van der Waals surface area contributed by atoms with Crippen LogP contribution in [0.15, 0.2) is 36.9 Å². The number of rotatable bonds is 6. The van der Waals surface area contributed by atoms with Crippen molar-refractivity contribution in [3.8, 4) is 0 Å². The molecule has 3 heterocycles. The minimum absolute atomic E-state index is 0.325. The fourth-order valence-corrected chi connectivity index (χ4v) is 3.42. The van der Waals surface area contributed by atoms with E-state index in [1.54, 1.807) is 6.20 Å². The Hall–Kier alpha value is -1.72. The van der Waals surface area contributed by atoms with Crippen LogP contribution in [0, 0.1) is 5.92 Å². The molecule has 2 aromatic rings. The van der Waals surface area contributed by atoms with Crippen LogP contribution in [-0.2, 0) is 13.5 Å². The first-order valence-electron chi connectivity index (χ1n) is 8.50. The maximum Gasteiger partial charge on any atom is 0.137 e. The highest BCUT2D eigenvalue weighted by Gasteiger charge is 2.28. The number of aryl methyl sites for hydroxylation is 2. The second kappa shape index (κ2) is 7.70. The van der Waals surface area contributed by atoms with Crippen molar-refractivity contribution in [1.82, 2.24) is 19.4 Å². The molecule has 124 valence electrons. The van der Waals surface area contributed by atoms with Gasteiger partial charge in [-0.1, -0.05) is 6.07 Å². The largest absolute Gasteiger partial charge is 0.385 e. The molecule has 0 unspecified atom stereocenters. The first-order valence-corrected chi connectivity index (χ1v) is 8.50. The predicted molar refractivity (Wildman–Crippen MR) is 89.9 cm³/mol. The highest BCUT2D eigenvalue weighted by molar-refractivity contribution is 5.08. The van der Waals surface area contributed by atoms with Crippen LogP contribution in [-0.4, -0.2) is 44.2 Å². The Bertz CT molecular complexity index is 590. The van der Waals surface area contributed by atoms with E-state index in [4.69, 9.17) is 0 Å². The predicted octanol–water partition coefficient (Wildman–Crippen LogP) is 2.19. The zero-order valence-corrected chi connectivity index (χ0v) is 13.8. The molecule has 1 fully saturated rings. The monoisotopic (exact) mass is 314 g/mol. The van der Waals surface area contributed by atoms with E-state index >= 15 is 0 Å². The van der Waals surface area contributed by atoms with E-state index in [9.17, 15) is 5.11 Å². The Kier molecular flexibility index (Phi) is 5.41. The maximum atomic E-state index is 10.5. The average Bonchev–Trinajstić information content (AvgIpc) is 3.02. The van der Waals surface area contributed by atoms with Gasteiger partial charge in [0.2, 0.25) is 0 Å². The molecule has 1 saturated heterocycles. The van der Waals surface area contributed by atoms with Gasteiger partial charge in [0.1, 0.15) is 11.9 Å². The number of pyridine rings is 1. The molecule has 1 aliphatic rings. The Morgan fingerprint density at radius 3 is 2.78 bits per heavy atom.